The Labute approximate surface area is 179 Å². The number of nitrogens with zero attached hydrogens (tertiary/aromatic N) is 4. The van der Waals surface area contributed by atoms with Gasteiger partial charge in [-0.2, -0.15) is 15.1 Å². The van der Waals surface area contributed by atoms with Crippen molar-refractivity contribution in [3.05, 3.63) is 22.9 Å². The summed E-state index contributed by atoms with van der Waals surface area (Å²) in [6.45, 7) is 11.8. The van der Waals surface area contributed by atoms with Gasteiger partial charge < -0.3 is 14.7 Å². The third-order valence-electron chi connectivity index (χ3n) is 4.26. The number of hydrogen-bond acceptors (Lipinski definition) is 8. The molecule has 1 aromatic rings. The number of aromatic nitrogens is 2. The zero-order chi connectivity index (χ0) is 21.3. The van der Waals surface area contributed by atoms with Crippen molar-refractivity contribution in [2.75, 3.05) is 24.6 Å². The van der Waals surface area contributed by atoms with Gasteiger partial charge in [0, 0.05) is 24.4 Å². The Hall–Kier alpha value is -1.80. The zero-order valence-corrected chi connectivity index (χ0v) is 19.1. The molecule has 0 fully saturated rings. The summed E-state index contributed by atoms with van der Waals surface area (Å²) in [5, 5.41) is 16.0. The van der Waals surface area contributed by atoms with Crippen LogP contribution in [0.25, 0.3) is 0 Å². The van der Waals surface area contributed by atoms with Crippen LogP contribution in [0.5, 0.6) is 6.01 Å². The molecule has 1 aromatic heterocycles. The third kappa shape index (κ3) is 8.22. The van der Waals surface area contributed by atoms with Gasteiger partial charge in [0.25, 0.3) is 0 Å². The lowest BCUT2D eigenvalue weighted by atomic mass is 10.2. The van der Waals surface area contributed by atoms with Crippen LogP contribution in [-0.4, -0.2) is 51.8 Å². The van der Waals surface area contributed by atoms with Crippen LogP contribution in [0.1, 0.15) is 66.0 Å². The van der Waals surface area contributed by atoms with E-state index in [9.17, 15) is 5.11 Å². The number of thioether (sulfide) groups is 1. The third-order valence-corrected chi connectivity index (χ3v) is 5.64. The van der Waals surface area contributed by atoms with E-state index in [2.05, 4.69) is 52.2 Å². The average Bonchev–Trinajstić information content (AvgIpc) is 3.13. The Morgan fingerprint density at radius 3 is 2.62 bits per heavy atom. The first-order valence-corrected chi connectivity index (χ1v) is 11.4. The smallest absolute Gasteiger partial charge is 0.319 e. The topological polar surface area (TPSA) is 82.9 Å². The standard InChI is InChI=1S/C21H35N5O2S/c1-6-11-26(12-7-2)18-13-16(23-20(24-18)28-15-21(4,5)27)14-22-25-19-10-9-17(8-3)29-19/h10,13-14,17,25,27H,6-9,11-12,15H2,1-5H3/b22-14+. The van der Waals surface area contributed by atoms with E-state index < -0.39 is 5.60 Å². The Bertz CT molecular complexity index is 697. The monoisotopic (exact) mass is 421 g/mol. The van der Waals surface area contributed by atoms with Gasteiger partial charge in [-0.25, -0.2) is 0 Å². The predicted molar refractivity (Wildman–Crippen MR) is 122 cm³/mol. The van der Waals surface area contributed by atoms with Gasteiger partial charge in [-0.05, 0) is 39.5 Å². The van der Waals surface area contributed by atoms with Crippen LogP contribution in [0.15, 0.2) is 22.3 Å². The minimum atomic E-state index is -0.955. The molecule has 0 amide bonds. The number of ether oxygens (including phenoxy) is 1. The van der Waals surface area contributed by atoms with Crippen LogP contribution < -0.4 is 15.1 Å². The molecule has 0 spiro atoms. The molecule has 1 atom stereocenters. The van der Waals surface area contributed by atoms with Crippen LogP contribution in [0.3, 0.4) is 0 Å². The highest BCUT2D eigenvalue weighted by Gasteiger charge is 2.17. The fraction of sp³-hybridized carbons (Fsp3) is 0.667. The van der Waals surface area contributed by atoms with Crippen molar-refractivity contribution in [3.63, 3.8) is 0 Å². The highest BCUT2D eigenvalue weighted by Crippen LogP contribution is 2.32. The summed E-state index contributed by atoms with van der Waals surface area (Å²) in [7, 11) is 0. The number of allylic oxidation sites excluding steroid dienone is 1. The van der Waals surface area contributed by atoms with Gasteiger partial charge in [0.1, 0.15) is 12.4 Å². The number of hydrazone groups is 1. The van der Waals surface area contributed by atoms with Crippen molar-refractivity contribution < 1.29 is 9.84 Å². The average molecular weight is 422 g/mol. The Morgan fingerprint density at radius 1 is 1.31 bits per heavy atom. The number of aliphatic hydroxyl groups is 1. The van der Waals surface area contributed by atoms with E-state index in [1.54, 1.807) is 20.1 Å². The van der Waals surface area contributed by atoms with Crippen LogP contribution in [0.2, 0.25) is 0 Å². The van der Waals surface area contributed by atoms with Crippen molar-refractivity contribution in [3.8, 4) is 6.01 Å². The lowest BCUT2D eigenvalue weighted by Gasteiger charge is -2.23. The lowest BCUT2D eigenvalue weighted by molar-refractivity contribution is 0.0250. The van der Waals surface area contributed by atoms with E-state index in [-0.39, 0.29) is 12.6 Å². The second-order valence-electron chi connectivity index (χ2n) is 7.84. The number of nitrogens with one attached hydrogen (secondary N) is 1. The second kappa shape index (κ2) is 11.4. The molecule has 8 heteroatoms. The molecule has 1 aliphatic rings. The van der Waals surface area contributed by atoms with E-state index in [1.165, 1.54) is 0 Å². The molecule has 7 nitrogen and oxygen atoms in total. The van der Waals surface area contributed by atoms with Crippen LogP contribution in [0, 0.1) is 0 Å². The molecule has 0 bridgehead atoms. The van der Waals surface area contributed by atoms with E-state index in [4.69, 9.17) is 4.74 Å². The van der Waals surface area contributed by atoms with E-state index in [0.29, 0.717) is 10.9 Å². The molecule has 0 aliphatic carbocycles. The number of hydrogen-bond donors (Lipinski definition) is 2. The Kier molecular flexibility index (Phi) is 9.23. The summed E-state index contributed by atoms with van der Waals surface area (Å²) < 4.78 is 5.67. The predicted octanol–water partition coefficient (Wildman–Crippen LogP) is 3.93. The molecule has 162 valence electrons. The van der Waals surface area contributed by atoms with Crippen molar-refractivity contribution in [2.45, 2.75) is 71.2 Å². The zero-order valence-electron chi connectivity index (χ0n) is 18.3. The minimum absolute atomic E-state index is 0.120. The quantitative estimate of drug-likeness (QED) is 0.391. The van der Waals surface area contributed by atoms with Crippen molar-refractivity contribution in [1.29, 1.82) is 0 Å². The minimum Gasteiger partial charge on any atom is -0.460 e. The highest BCUT2D eigenvalue weighted by molar-refractivity contribution is 8.03. The van der Waals surface area contributed by atoms with E-state index in [0.717, 1.165) is 49.6 Å². The van der Waals surface area contributed by atoms with Crippen LogP contribution >= 0.6 is 11.8 Å². The van der Waals surface area contributed by atoms with Gasteiger partial charge in [-0.15, -0.1) is 11.8 Å². The van der Waals surface area contributed by atoms with Gasteiger partial charge in [0.2, 0.25) is 0 Å². The maximum absolute atomic E-state index is 9.96. The molecule has 0 saturated carbocycles. The molecule has 1 unspecified atom stereocenters. The summed E-state index contributed by atoms with van der Waals surface area (Å²) in [6, 6.07) is 2.18. The lowest BCUT2D eigenvalue weighted by Crippen LogP contribution is -2.29. The van der Waals surface area contributed by atoms with Crippen molar-refractivity contribution in [2.24, 2.45) is 5.10 Å². The molecule has 29 heavy (non-hydrogen) atoms. The molecular formula is C21H35N5O2S. The van der Waals surface area contributed by atoms with Crippen LogP contribution in [-0.2, 0) is 0 Å². The summed E-state index contributed by atoms with van der Waals surface area (Å²) >= 11 is 1.82. The number of anilines is 1. The summed E-state index contributed by atoms with van der Waals surface area (Å²) in [5.74, 6) is 0.816. The summed E-state index contributed by atoms with van der Waals surface area (Å²) in [6.07, 6.45) is 8.16. The molecule has 1 aliphatic heterocycles. The van der Waals surface area contributed by atoms with Gasteiger partial charge in [-0.3, -0.25) is 5.43 Å². The molecule has 0 aromatic carbocycles. The van der Waals surface area contributed by atoms with Gasteiger partial charge in [-0.1, -0.05) is 26.8 Å². The molecule has 2 rings (SSSR count). The SMILES string of the molecule is CCCN(CCC)c1cc(/C=N/NC2=CCC(CC)S2)nc(OCC(C)(C)O)n1. The molecule has 0 radical (unpaired) electrons. The summed E-state index contributed by atoms with van der Waals surface area (Å²) in [5.41, 5.74) is 2.82. The first kappa shape index (κ1) is 23.5. The molecule has 0 saturated heterocycles. The first-order valence-electron chi connectivity index (χ1n) is 10.5. The van der Waals surface area contributed by atoms with Crippen molar-refractivity contribution >= 4 is 23.8 Å². The molecule has 2 N–H and O–H groups in total. The van der Waals surface area contributed by atoms with Gasteiger partial charge in [0.15, 0.2) is 0 Å². The Balaban J connectivity index is 2.17. The Morgan fingerprint density at radius 2 is 2.03 bits per heavy atom. The second-order valence-corrected chi connectivity index (χ2v) is 9.19. The van der Waals surface area contributed by atoms with E-state index in [1.807, 2.05) is 17.8 Å². The van der Waals surface area contributed by atoms with E-state index >= 15 is 0 Å². The maximum Gasteiger partial charge on any atom is 0.319 e. The molecular weight excluding hydrogens is 386 g/mol. The number of rotatable bonds is 12. The van der Waals surface area contributed by atoms with Crippen molar-refractivity contribution in [1.82, 2.24) is 15.4 Å². The normalized spacial score (nSPS) is 16.9. The van der Waals surface area contributed by atoms with Crippen LogP contribution in [0.4, 0.5) is 5.82 Å². The highest BCUT2D eigenvalue weighted by atomic mass is 32.2. The van der Waals surface area contributed by atoms with Gasteiger partial charge >= 0.3 is 6.01 Å². The largest absolute Gasteiger partial charge is 0.460 e. The first-order chi connectivity index (χ1) is 13.8. The summed E-state index contributed by atoms with van der Waals surface area (Å²) in [4.78, 5) is 11.2. The maximum atomic E-state index is 9.96. The molecule has 2 heterocycles. The fourth-order valence-corrected chi connectivity index (χ4v) is 3.86. The fourth-order valence-electron chi connectivity index (χ4n) is 2.84. The van der Waals surface area contributed by atoms with Gasteiger partial charge in [0.05, 0.1) is 22.5 Å².